The molecule has 2 aromatic rings. The van der Waals surface area contributed by atoms with Gasteiger partial charge in [0.1, 0.15) is 5.69 Å². The van der Waals surface area contributed by atoms with Gasteiger partial charge in [0.2, 0.25) is 0 Å². The topological polar surface area (TPSA) is 55.2 Å². The number of hydrogen-bond donors (Lipinski definition) is 0. The summed E-state index contributed by atoms with van der Waals surface area (Å²) >= 11 is 0. The standard InChI is InChI=1S/C17H23N3O2/c1-5-9-20(10-6-2)17(22)13-7-8-14-15(11-13)19(4)16(21)12(3)18-14/h7-8,11H,5-6,9-10H2,1-4H3. The SMILES string of the molecule is CCCN(CCC)C(=O)c1ccc2nc(C)c(=O)n(C)c2c1. The molecule has 118 valence electrons. The monoisotopic (exact) mass is 301 g/mol. The molecule has 0 radical (unpaired) electrons. The van der Waals surface area contributed by atoms with Crippen LogP contribution in [-0.2, 0) is 7.05 Å². The fraction of sp³-hybridized carbons (Fsp3) is 0.471. The molecule has 1 heterocycles. The first kappa shape index (κ1) is 16.2. The van der Waals surface area contributed by atoms with Crippen LogP contribution in [0.3, 0.4) is 0 Å². The molecule has 0 unspecified atom stereocenters. The summed E-state index contributed by atoms with van der Waals surface area (Å²) in [7, 11) is 1.71. The molecule has 5 nitrogen and oxygen atoms in total. The molecule has 0 saturated carbocycles. The lowest BCUT2D eigenvalue weighted by Crippen LogP contribution is -2.32. The molecule has 2 rings (SSSR count). The molecule has 0 aliphatic carbocycles. The zero-order valence-corrected chi connectivity index (χ0v) is 13.7. The van der Waals surface area contributed by atoms with Crippen molar-refractivity contribution in [3.05, 3.63) is 39.8 Å². The van der Waals surface area contributed by atoms with Crippen LogP contribution in [0.5, 0.6) is 0 Å². The van der Waals surface area contributed by atoms with Gasteiger partial charge in [-0.15, -0.1) is 0 Å². The average molecular weight is 301 g/mol. The van der Waals surface area contributed by atoms with Gasteiger partial charge in [-0.2, -0.15) is 0 Å². The van der Waals surface area contributed by atoms with Crippen molar-refractivity contribution in [2.75, 3.05) is 13.1 Å². The first-order valence-electron chi connectivity index (χ1n) is 7.76. The lowest BCUT2D eigenvalue weighted by molar-refractivity contribution is 0.0755. The van der Waals surface area contributed by atoms with Crippen LogP contribution in [0, 0.1) is 6.92 Å². The van der Waals surface area contributed by atoms with Gasteiger partial charge in [0.05, 0.1) is 11.0 Å². The van der Waals surface area contributed by atoms with Crippen molar-refractivity contribution >= 4 is 16.9 Å². The number of amides is 1. The number of benzene rings is 1. The summed E-state index contributed by atoms with van der Waals surface area (Å²) < 4.78 is 1.55. The Morgan fingerprint density at radius 2 is 1.86 bits per heavy atom. The molecule has 0 aliphatic rings. The Kier molecular flexibility index (Phi) is 4.96. The van der Waals surface area contributed by atoms with E-state index < -0.39 is 0 Å². The highest BCUT2D eigenvalue weighted by molar-refractivity contribution is 5.97. The molecule has 1 amide bonds. The Morgan fingerprint density at radius 1 is 1.23 bits per heavy atom. The zero-order valence-electron chi connectivity index (χ0n) is 13.7. The Balaban J connectivity index is 2.48. The van der Waals surface area contributed by atoms with E-state index in [1.54, 1.807) is 30.7 Å². The van der Waals surface area contributed by atoms with Crippen molar-refractivity contribution in [1.29, 1.82) is 0 Å². The lowest BCUT2D eigenvalue weighted by Gasteiger charge is -2.21. The van der Waals surface area contributed by atoms with Crippen LogP contribution in [-0.4, -0.2) is 33.4 Å². The van der Waals surface area contributed by atoms with Gasteiger partial charge in [-0.25, -0.2) is 4.98 Å². The van der Waals surface area contributed by atoms with Gasteiger partial charge in [-0.05, 0) is 38.0 Å². The molecule has 0 aliphatic heterocycles. The number of nitrogens with zero attached hydrogens (tertiary/aromatic N) is 3. The molecule has 0 bridgehead atoms. The summed E-state index contributed by atoms with van der Waals surface area (Å²) in [5, 5.41) is 0. The number of carbonyl (C=O) groups is 1. The highest BCUT2D eigenvalue weighted by Gasteiger charge is 2.15. The highest BCUT2D eigenvalue weighted by Crippen LogP contribution is 2.15. The summed E-state index contributed by atoms with van der Waals surface area (Å²) in [6.07, 6.45) is 1.86. The van der Waals surface area contributed by atoms with Crippen LogP contribution < -0.4 is 5.56 Å². The van der Waals surface area contributed by atoms with Crippen molar-refractivity contribution in [2.24, 2.45) is 7.05 Å². The molecule has 0 N–H and O–H groups in total. The second-order valence-electron chi connectivity index (χ2n) is 5.56. The van der Waals surface area contributed by atoms with E-state index in [1.165, 1.54) is 0 Å². The van der Waals surface area contributed by atoms with Crippen molar-refractivity contribution in [3.8, 4) is 0 Å². The maximum Gasteiger partial charge on any atom is 0.272 e. The van der Waals surface area contributed by atoms with Crippen LogP contribution in [0.1, 0.15) is 42.7 Å². The number of carbonyl (C=O) groups excluding carboxylic acids is 1. The quantitative estimate of drug-likeness (QED) is 0.852. The van der Waals surface area contributed by atoms with E-state index in [0.717, 1.165) is 31.4 Å². The van der Waals surface area contributed by atoms with Gasteiger partial charge >= 0.3 is 0 Å². The molecule has 1 aromatic carbocycles. The predicted molar refractivity (Wildman–Crippen MR) is 88.2 cm³/mol. The van der Waals surface area contributed by atoms with Gasteiger partial charge in [0.25, 0.3) is 11.5 Å². The Hall–Kier alpha value is -2.17. The van der Waals surface area contributed by atoms with Crippen LogP contribution >= 0.6 is 0 Å². The van der Waals surface area contributed by atoms with Crippen molar-refractivity contribution in [3.63, 3.8) is 0 Å². The average Bonchev–Trinajstić information content (AvgIpc) is 2.51. The number of aryl methyl sites for hydroxylation is 2. The van der Waals surface area contributed by atoms with Gasteiger partial charge < -0.3 is 9.47 Å². The molecule has 1 aromatic heterocycles. The number of fused-ring (bicyclic) bond motifs is 1. The van der Waals surface area contributed by atoms with Crippen LogP contribution in [0.15, 0.2) is 23.0 Å². The third-order valence-electron chi connectivity index (χ3n) is 3.76. The second-order valence-corrected chi connectivity index (χ2v) is 5.56. The minimum Gasteiger partial charge on any atom is -0.339 e. The number of aromatic nitrogens is 2. The summed E-state index contributed by atoms with van der Waals surface area (Å²) in [5.74, 6) is 0.0126. The van der Waals surface area contributed by atoms with Crippen molar-refractivity contribution in [1.82, 2.24) is 14.5 Å². The number of hydrogen-bond acceptors (Lipinski definition) is 3. The van der Waals surface area contributed by atoms with E-state index in [4.69, 9.17) is 0 Å². The summed E-state index contributed by atoms with van der Waals surface area (Å²) in [6.45, 7) is 7.32. The van der Waals surface area contributed by atoms with Gasteiger partial charge in [0, 0.05) is 25.7 Å². The minimum atomic E-state index is -0.129. The minimum absolute atomic E-state index is 0.0126. The van der Waals surface area contributed by atoms with Crippen LogP contribution in [0.4, 0.5) is 0 Å². The molecule has 0 spiro atoms. The van der Waals surface area contributed by atoms with E-state index in [-0.39, 0.29) is 11.5 Å². The zero-order chi connectivity index (χ0) is 16.3. The molecule has 0 atom stereocenters. The Labute approximate surface area is 130 Å². The fourth-order valence-electron chi connectivity index (χ4n) is 2.64. The normalized spacial score (nSPS) is 10.9. The molecular weight excluding hydrogens is 278 g/mol. The molecule has 0 fully saturated rings. The van der Waals surface area contributed by atoms with Gasteiger partial charge in [-0.3, -0.25) is 9.59 Å². The fourth-order valence-corrected chi connectivity index (χ4v) is 2.64. The molecular formula is C17H23N3O2. The van der Waals surface area contributed by atoms with Crippen molar-refractivity contribution < 1.29 is 4.79 Å². The van der Waals surface area contributed by atoms with Gasteiger partial charge in [-0.1, -0.05) is 13.8 Å². The third-order valence-corrected chi connectivity index (χ3v) is 3.76. The largest absolute Gasteiger partial charge is 0.339 e. The van der Waals surface area contributed by atoms with Crippen LogP contribution in [0.2, 0.25) is 0 Å². The molecule has 0 saturated heterocycles. The maximum absolute atomic E-state index is 12.6. The van der Waals surface area contributed by atoms with E-state index in [0.29, 0.717) is 16.8 Å². The van der Waals surface area contributed by atoms with E-state index in [2.05, 4.69) is 18.8 Å². The van der Waals surface area contributed by atoms with E-state index in [1.807, 2.05) is 11.0 Å². The van der Waals surface area contributed by atoms with E-state index in [9.17, 15) is 9.59 Å². The Bertz CT molecular complexity index is 743. The first-order chi connectivity index (χ1) is 10.5. The smallest absolute Gasteiger partial charge is 0.272 e. The molecule has 5 heteroatoms. The number of rotatable bonds is 5. The van der Waals surface area contributed by atoms with E-state index >= 15 is 0 Å². The second kappa shape index (κ2) is 6.73. The van der Waals surface area contributed by atoms with Crippen molar-refractivity contribution in [2.45, 2.75) is 33.6 Å². The molecule has 22 heavy (non-hydrogen) atoms. The predicted octanol–water partition coefficient (Wildman–Crippen LogP) is 2.50. The van der Waals surface area contributed by atoms with Gasteiger partial charge in [0.15, 0.2) is 0 Å². The third kappa shape index (κ3) is 3.03. The lowest BCUT2D eigenvalue weighted by atomic mass is 10.1. The maximum atomic E-state index is 12.6. The first-order valence-corrected chi connectivity index (χ1v) is 7.76. The highest BCUT2D eigenvalue weighted by atomic mass is 16.2. The Morgan fingerprint density at radius 3 is 2.45 bits per heavy atom. The summed E-state index contributed by atoms with van der Waals surface area (Å²) in [6, 6.07) is 5.37. The summed E-state index contributed by atoms with van der Waals surface area (Å²) in [4.78, 5) is 30.8. The van der Waals surface area contributed by atoms with Crippen LogP contribution in [0.25, 0.3) is 11.0 Å². The summed E-state index contributed by atoms with van der Waals surface area (Å²) in [5.41, 5.74) is 2.36.